The van der Waals surface area contributed by atoms with E-state index in [1.165, 1.54) is 14.0 Å². The Bertz CT molecular complexity index is 2080. The first kappa shape index (κ1) is 63.6. The van der Waals surface area contributed by atoms with Crippen molar-refractivity contribution in [3.63, 3.8) is 0 Å². The van der Waals surface area contributed by atoms with E-state index in [1.54, 1.807) is 47.0 Å². The molecule has 4 heterocycles. The monoisotopic (exact) mass is 1080 g/mol. The molecule has 3 aliphatic rings. The van der Waals surface area contributed by atoms with Gasteiger partial charge in [-0.15, -0.1) is 5.10 Å². The number of rotatable bonds is 20. The molecule has 5 rings (SSSR count). The number of likely N-dealkylation sites (N-methyl/N-ethyl adjacent to an activating group) is 2. The lowest BCUT2D eigenvalue weighted by Gasteiger charge is -2.49. The number of amides is 1. The summed E-state index contributed by atoms with van der Waals surface area (Å²) in [4.78, 5) is 29.7. The van der Waals surface area contributed by atoms with Crippen molar-refractivity contribution in [1.29, 1.82) is 0 Å². The Balaban J connectivity index is 1.35. The first-order valence-electron chi connectivity index (χ1n) is 28.0. The highest BCUT2D eigenvalue weighted by Crippen LogP contribution is 2.40. The predicted molar refractivity (Wildman–Crippen MR) is 284 cm³/mol. The molecule has 0 saturated carbocycles. The third kappa shape index (κ3) is 16.4. The number of nitrogens with one attached hydrogen (secondary N) is 1. The van der Waals surface area contributed by atoms with E-state index in [0.717, 1.165) is 68.3 Å². The lowest BCUT2D eigenvalue weighted by molar-refractivity contribution is -0.318. The average Bonchev–Trinajstić information content (AvgIpc) is 3.85. The minimum Gasteiger partial charge on any atom is -0.459 e. The van der Waals surface area contributed by atoms with E-state index in [2.05, 4.69) is 15.2 Å². The number of carbonyl (C=O) groups excluding carboxylic acids is 2. The molecule has 18 atom stereocenters. The molecule has 0 radical (unpaired) electrons. The Morgan fingerprint density at radius 2 is 1.55 bits per heavy atom. The fourth-order valence-electron chi connectivity index (χ4n) is 11.9. The van der Waals surface area contributed by atoms with Gasteiger partial charge in [-0.05, 0) is 106 Å². The molecule has 3 saturated heterocycles. The average molecular weight is 1080 g/mol. The lowest BCUT2D eigenvalue weighted by atomic mass is 9.77. The summed E-state index contributed by atoms with van der Waals surface area (Å²) in [5.74, 6) is -3.12. The van der Waals surface area contributed by atoms with Gasteiger partial charge in [0.1, 0.15) is 35.7 Å². The highest BCUT2D eigenvalue weighted by molar-refractivity contribution is 5.74. The number of benzene rings is 1. The number of carbonyl (C=O) groups is 2. The summed E-state index contributed by atoms with van der Waals surface area (Å²) in [5, 5.41) is 77.3. The SMILES string of the molecule is CCC1OC(=O)C(C)C(OC2CC(C)(OC)C(O)C(C)O2)C(C)C(OC2OC(C)CC(N(C)Cc3ccc(-c4cn(CCCCCCCCCC(=O)NO)nn4)cc3)C2O)C(C)(O)CC(C)CN(C)C(C)C(O)C1(C)O. The summed E-state index contributed by atoms with van der Waals surface area (Å²) < 4.78 is 40.3. The van der Waals surface area contributed by atoms with Crippen LogP contribution in [-0.2, 0) is 51.1 Å². The molecule has 76 heavy (non-hydrogen) atoms. The second-order valence-electron chi connectivity index (χ2n) is 23.4. The van der Waals surface area contributed by atoms with E-state index < -0.39 is 102 Å². The number of esters is 1. The zero-order valence-corrected chi connectivity index (χ0v) is 47.8. The van der Waals surface area contributed by atoms with Crippen molar-refractivity contribution in [2.24, 2.45) is 17.8 Å². The Kier molecular flexibility index (Phi) is 23.7. The second-order valence-corrected chi connectivity index (χ2v) is 23.4. The van der Waals surface area contributed by atoms with Crippen molar-refractivity contribution in [2.45, 2.75) is 250 Å². The first-order chi connectivity index (χ1) is 35.8. The van der Waals surface area contributed by atoms with E-state index in [9.17, 15) is 35.1 Å². The molecule has 0 aliphatic carbocycles. The van der Waals surface area contributed by atoms with Crippen molar-refractivity contribution in [3.8, 4) is 11.3 Å². The minimum absolute atomic E-state index is 0.101. The standard InChI is InChI=1S/C56H96N6O14/c1-14-44-56(10,69)49(65)38(6)60(11)31-34(2)29-54(8,68)51(36(4)48(37(5)52(67)74-44)75-46-30-55(9,71-13)50(66)39(7)73-46)76-53-47(64)43(28-35(3)72-53)61(12)32-40-23-25-41(26-24-40)42-33-62(59-57-42)27-21-19-17-15-16-18-20-22-45(63)58-70/h23-26,33-39,43-44,46-51,53,64-66,68-70H,14-22,27-32H2,1-13H3,(H,58,63). The summed E-state index contributed by atoms with van der Waals surface area (Å²) in [6.07, 6.45) is 0.311. The largest absolute Gasteiger partial charge is 0.459 e. The van der Waals surface area contributed by atoms with Crippen LogP contribution in [0.4, 0.5) is 0 Å². The first-order valence-corrected chi connectivity index (χ1v) is 28.0. The molecule has 3 aliphatic heterocycles. The van der Waals surface area contributed by atoms with Crippen LogP contribution in [0.25, 0.3) is 11.3 Å². The molecule has 0 spiro atoms. The van der Waals surface area contributed by atoms with Gasteiger partial charge in [0.05, 0.1) is 47.7 Å². The Labute approximate surface area is 452 Å². The second kappa shape index (κ2) is 28.3. The van der Waals surface area contributed by atoms with Gasteiger partial charge in [-0.2, -0.15) is 0 Å². The van der Waals surface area contributed by atoms with E-state index in [1.807, 2.05) is 74.9 Å². The van der Waals surface area contributed by atoms with Crippen molar-refractivity contribution < 1.29 is 68.8 Å². The van der Waals surface area contributed by atoms with Gasteiger partial charge in [0, 0.05) is 63.2 Å². The topological polar surface area (TPSA) is 260 Å². The zero-order chi connectivity index (χ0) is 56.3. The molecular formula is C56H96N6O14. The lowest BCUT2D eigenvalue weighted by Crippen LogP contribution is -2.60. The Morgan fingerprint density at radius 1 is 0.908 bits per heavy atom. The number of unbranched alkanes of at least 4 members (excludes halogenated alkanes) is 6. The van der Waals surface area contributed by atoms with Gasteiger partial charge < -0.3 is 58.9 Å². The van der Waals surface area contributed by atoms with Crippen molar-refractivity contribution in [3.05, 3.63) is 36.0 Å². The maximum absolute atomic E-state index is 14.5. The maximum atomic E-state index is 14.5. The molecule has 7 N–H and O–H groups in total. The van der Waals surface area contributed by atoms with Crippen LogP contribution in [-0.4, -0.2) is 185 Å². The number of aliphatic hydroxyl groups excluding tert-OH is 3. The van der Waals surface area contributed by atoms with Gasteiger partial charge in [-0.3, -0.25) is 24.4 Å². The van der Waals surface area contributed by atoms with E-state index in [4.69, 9.17) is 33.6 Å². The maximum Gasteiger partial charge on any atom is 0.311 e. The van der Waals surface area contributed by atoms with Gasteiger partial charge in [0.25, 0.3) is 0 Å². The molecular weight excluding hydrogens is 981 g/mol. The number of hydroxylamine groups is 1. The van der Waals surface area contributed by atoms with Gasteiger partial charge in [0.15, 0.2) is 12.6 Å². The summed E-state index contributed by atoms with van der Waals surface area (Å²) in [6, 6.07) is 7.13. The number of aliphatic hydroxyl groups is 5. The van der Waals surface area contributed by atoms with Crippen LogP contribution in [0.2, 0.25) is 0 Å². The zero-order valence-electron chi connectivity index (χ0n) is 47.8. The number of hydrogen-bond donors (Lipinski definition) is 7. The van der Waals surface area contributed by atoms with Crippen molar-refractivity contribution in [1.82, 2.24) is 30.3 Å². The van der Waals surface area contributed by atoms with Crippen LogP contribution >= 0.6 is 0 Å². The van der Waals surface area contributed by atoms with Gasteiger partial charge >= 0.3 is 5.97 Å². The van der Waals surface area contributed by atoms with Crippen LogP contribution in [0.1, 0.15) is 152 Å². The van der Waals surface area contributed by atoms with Crippen molar-refractivity contribution >= 4 is 11.9 Å². The third-order valence-electron chi connectivity index (χ3n) is 16.7. The molecule has 0 bridgehead atoms. The molecule has 434 valence electrons. The minimum atomic E-state index is -1.84. The summed E-state index contributed by atoms with van der Waals surface area (Å²) in [6.45, 7) is 19.3. The van der Waals surface area contributed by atoms with Crippen LogP contribution in [0.5, 0.6) is 0 Å². The molecule has 2 aromatic rings. The third-order valence-corrected chi connectivity index (χ3v) is 16.7. The predicted octanol–water partition coefficient (Wildman–Crippen LogP) is 5.36. The Hall–Kier alpha value is -3.22. The molecule has 3 fully saturated rings. The molecule has 1 amide bonds. The van der Waals surface area contributed by atoms with Crippen LogP contribution in [0.15, 0.2) is 30.5 Å². The molecule has 1 aromatic heterocycles. The van der Waals surface area contributed by atoms with Crippen LogP contribution in [0.3, 0.4) is 0 Å². The van der Waals surface area contributed by atoms with Gasteiger partial charge in [-0.1, -0.05) is 82.4 Å². The normalized spacial score (nSPS) is 37.6. The number of aryl methyl sites for hydroxylation is 1. The Morgan fingerprint density at radius 3 is 2.18 bits per heavy atom. The fraction of sp³-hybridized carbons (Fsp3) is 0.821. The number of cyclic esters (lactones) is 1. The number of nitrogens with zero attached hydrogens (tertiary/aromatic N) is 5. The van der Waals surface area contributed by atoms with Crippen molar-refractivity contribution in [2.75, 3.05) is 27.7 Å². The molecule has 1 aromatic carbocycles. The quantitative estimate of drug-likeness (QED) is 0.0381. The summed E-state index contributed by atoms with van der Waals surface area (Å²) in [7, 11) is 5.30. The number of aromatic nitrogens is 3. The summed E-state index contributed by atoms with van der Waals surface area (Å²) >= 11 is 0. The van der Waals surface area contributed by atoms with E-state index in [-0.39, 0.29) is 37.2 Å². The van der Waals surface area contributed by atoms with Crippen LogP contribution < -0.4 is 5.48 Å². The van der Waals surface area contributed by atoms with E-state index in [0.29, 0.717) is 25.9 Å². The van der Waals surface area contributed by atoms with Gasteiger partial charge in [-0.25, -0.2) is 5.48 Å². The van der Waals surface area contributed by atoms with Crippen LogP contribution in [0, 0.1) is 17.8 Å². The smallest absolute Gasteiger partial charge is 0.311 e. The summed E-state index contributed by atoms with van der Waals surface area (Å²) in [5.41, 5.74) is -0.131. The molecule has 20 heteroatoms. The fourth-order valence-corrected chi connectivity index (χ4v) is 11.9. The number of ether oxygens (including phenoxy) is 6. The highest BCUT2D eigenvalue weighted by atomic mass is 16.7. The molecule has 20 nitrogen and oxygen atoms in total. The number of hydrogen-bond acceptors (Lipinski definition) is 18. The van der Waals surface area contributed by atoms with E-state index >= 15 is 0 Å². The number of methoxy groups -OCH3 is 1. The van der Waals surface area contributed by atoms with Gasteiger partial charge in [0.2, 0.25) is 5.91 Å². The molecule has 18 unspecified atom stereocenters. The highest BCUT2D eigenvalue weighted by Gasteiger charge is 2.53.